The molecule has 0 aliphatic rings. The molecule has 1 heterocycles. The molecular weight excluding hydrogens is 224 g/mol. The molecule has 16 heavy (non-hydrogen) atoms. The van der Waals surface area contributed by atoms with Gasteiger partial charge in [-0.2, -0.15) is 0 Å². The normalized spacial score (nSPS) is 10.1. The number of aromatic nitrogens is 2. The van der Waals surface area contributed by atoms with E-state index in [0.29, 0.717) is 16.3 Å². The molecule has 0 atom stereocenters. The van der Waals surface area contributed by atoms with E-state index in [2.05, 4.69) is 9.59 Å². The van der Waals surface area contributed by atoms with Gasteiger partial charge in [-0.05, 0) is 30.6 Å². The molecule has 82 valence electrons. The van der Waals surface area contributed by atoms with Gasteiger partial charge in [0.1, 0.15) is 16.3 Å². The van der Waals surface area contributed by atoms with Crippen molar-refractivity contribution >= 4 is 17.8 Å². The molecule has 0 amide bonds. The van der Waals surface area contributed by atoms with E-state index >= 15 is 0 Å². The molecule has 0 spiro atoms. The van der Waals surface area contributed by atoms with Crippen molar-refractivity contribution < 1.29 is 9.53 Å². The van der Waals surface area contributed by atoms with Gasteiger partial charge in [0.05, 0.1) is 7.11 Å². The van der Waals surface area contributed by atoms with Gasteiger partial charge in [-0.3, -0.25) is 4.79 Å². The number of carbonyl (C=O) groups is 1. The highest BCUT2D eigenvalue weighted by molar-refractivity contribution is 7.07. The van der Waals surface area contributed by atoms with Crippen molar-refractivity contribution in [3.05, 3.63) is 28.6 Å². The van der Waals surface area contributed by atoms with Gasteiger partial charge >= 0.3 is 0 Å². The summed E-state index contributed by atoms with van der Waals surface area (Å²) in [4.78, 5) is 11.4. The van der Waals surface area contributed by atoms with Crippen molar-refractivity contribution in [1.82, 2.24) is 9.59 Å². The summed E-state index contributed by atoms with van der Waals surface area (Å²) >= 11 is 1.08. The molecule has 0 saturated carbocycles. The molecule has 0 aliphatic carbocycles. The number of benzene rings is 1. The second-order valence-electron chi connectivity index (χ2n) is 3.31. The Morgan fingerprint density at radius 3 is 2.94 bits per heavy atom. The lowest BCUT2D eigenvalue weighted by atomic mass is 10.1. The minimum Gasteiger partial charge on any atom is -0.496 e. The van der Waals surface area contributed by atoms with E-state index in [-0.39, 0.29) is 0 Å². The Morgan fingerprint density at radius 1 is 1.44 bits per heavy atom. The maximum atomic E-state index is 10.8. The minimum absolute atomic E-state index is 0.518. The lowest BCUT2D eigenvalue weighted by molar-refractivity contribution is 0.112. The van der Waals surface area contributed by atoms with Gasteiger partial charge in [0.15, 0.2) is 6.29 Å². The van der Waals surface area contributed by atoms with E-state index in [1.807, 2.05) is 25.1 Å². The van der Waals surface area contributed by atoms with E-state index in [9.17, 15) is 4.79 Å². The summed E-state index contributed by atoms with van der Waals surface area (Å²) in [5.41, 5.74) is 2.47. The van der Waals surface area contributed by atoms with Crippen LogP contribution in [0.1, 0.15) is 15.2 Å². The molecule has 1 aromatic heterocycles. The van der Waals surface area contributed by atoms with Crippen LogP contribution in [-0.2, 0) is 0 Å². The van der Waals surface area contributed by atoms with Crippen LogP contribution in [-0.4, -0.2) is 23.0 Å². The first-order valence-corrected chi connectivity index (χ1v) is 5.46. The topological polar surface area (TPSA) is 52.1 Å². The minimum atomic E-state index is 0.518. The number of carbonyl (C=O) groups excluding carboxylic acids is 1. The number of ether oxygens (including phenoxy) is 1. The Hall–Kier alpha value is -1.75. The predicted molar refractivity (Wildman–Crippen MR) is 62.0 cm³/mol. The predicted octanol–water partition coefficient (Wildman–Crippen LogP) is 2.33. The second-order valence-corrected chi connectivity index (χ2v) is 4.09. The molecule has 0 bridgehead atoms. The SMILES string of the molecule is COc1ccc(C)cc1-c1nnsc1C=O. The quantitative estimate of drug-likeness (QED) is 0.765. The van der Waals surface area contributed by atoms with Gasteiger partial charge in [-0.1, -0.05) is 16.1 Å². The van der Waals surface area contributed by atoms with Crippen LogP contribution < -0.4 is 4.74 Å². The molecule has 0 unspecified atom stereocenters. The molecule has 1 aromatic carbocycles. The van der Waals surface area contributed by atoms with Gasteiger partial charge < -0.3 is 4.74 Å². The summed E-state index contributed by atoms with van der Waals surface area (Å²) in [7, 11) is 1.59. The highest BCUT2D eigenvalue weighted by Crippen LogP contribution is 2.32. The monoisotopic (exact) mass is 234 g/mol. The number of rotatable bonds is 3. The van der Waals surface area contributed by atoms with Crippen LogP contribution in [0.5, 0.6) is 5.75 Å². The van der Waals surface area contributed by atoms with Crippen LogP contribution >= 0.6 is 11.5 Å². The van der Waals surface area contributed by atoms with E-state index in [1.54, 1.807) is 7.11 Å². The second kappa shape index (κ2) is 4.40. The fraction of sp³-hybridized carbons (Fsp3) is 0.182. The van der Waals surface area contributed by atoms with Crippen molar-refractivity contribution in [2.45, 2.75) is 6.92 Å². The first kappa shape index (κ1) is 10.8. The molecular formula is C11H10N2O2S. The average Bonchev–Trinajstić information content (AvgIpc) is 2.76. The number of hydrogen-bond donors (Lipinski definition) is 0. The molecule has 0 saturated heterocycles. The molecule has 0 N–H and O–H groups in total. The smallest absolute Gasteiger partial charge is 0.163 e. The van der Waals surface area contributed by atoms with Crippen LogP contribution in [0.15, 0.2) is 18.2 Å². The Balaban J connectivity index is 2.62. The third kappa shape index (κ3) is 1.81. The van der Waals surface area contributed by atoms with Gasteiger partial charge in [-0.15, -0.1) is 5.10 Å². The fourth-order valence-electron chi connectivity index (χ4n) is 1.47. The molecule has 2 aromatic rings. The van der Waals surface area contributed by atoms with Crippen molar-refractivity contribution in [3.8, 4) is 17.0 Å². The summed E-state index contributed by atoms with van der Waals surface area (Å²) in [5.74, 6) is 0.696. The van der Waals surface area contributed by atoms with Gasteiger partial charge in [-0.25, -0.2) is 0 Å². The number of aldehydes is 1. The molecule has 0 radical (unpaired) electrons. The number of aryl methyl sites for hydroxylation is 1. The van der Waals surface area contributed by atoms with E-state index in [0.717, 1.165) is 28.9 Å². The van der Waals surface area contributed by atoms with Crippen molar-refractivity contribution in [2.24, 2.45) is 0 Å². The van der Waals surface area contributed by atoms with Gasteiger partial charge in [0.2, 0.25) is 0 Å². The Kier molecular flexibility index (Phi) is 2.96. The number of methoxy groups -OCH3 is 1. The third-order valence-electron chi connectivity index (χ3n) is 2.23. The molecule has 4 nitrogen and oxygen atoms in total. The van der Waals surface area contributed by atoms with E-state index in [4.69, 9.17) is 4.74 Å². The zero-order valence-electron chi connectivity index (χ0n) is 8.93. The highest BCUT2D eigenvalue weighted by Gasteiger charge is 2.14. The average molecular weight is 234 g/mol. The first-order chi connectivity index (χ1) is 7.76. The van der Waals surface area contributed by atoms with E-state index < -0.39 is 0 Å². The van der Waals surface area contributed by atoms with Crippen LogP contribution in [0.3, 0.4) is 0 Å². The summed E-state index contributed by atoms with van der Waals surface area (Å²) in [6, 6.07) is 5.74. The van der Waals surface area contributed by atoms with Crippen LogP contribution in [0.4, 0.5) is 0 Å². The molecule has 2 rings (SSSR count). The summed E-state index contributed by atoms with van der Waals surface area (Å²) in [6.45, 7) is 1.98. The zero-order chi connectivity index (χ0) is 11.5. The Labute approximate surface area is 97.0 Å². The van der Waals surface area contributed by atoms with Crippen molar-refractivity contribution in [3.63, 3.8) is 0 Å². The van der Waals surface area contributed by atoms with Crippen LogP contribution in [0.2, 0.25) is 0 Å². The Morgan fingerprint density at radius 2 is 2.25 bits per heavy atom. The fourth-order valence-corrected chi connectivity index (χ4v) is 1.96. The number of nitrogens with zero attached hydrogens (tertiary/aromatic N) is 2. The van der Waals surface area contributed by atoms with Gasteiger partial charge in [0.25, 0.3) is 0 Å². The third-order valence-corrected chi connectivity index (χ3v) is 2.88. The zero-order valence-corrected chi connectivity index (χ0v) is 9.75. The molecule has 5 heteroatoms. The largest absolute Gasteiger partial charge is 0.496 e. The molecule has 0 aliphatic heterocycles. The lowest BCUT2D eigenvalue weighted by Crippen LogP contribution is -1.91. The summed E-state index contributed by atoms with van der Waals surface area (Å²) in [5, 5.41) is 3.96. The van der Waals surface area contributed by atoms with Gasteiger partial charge in [0, 0.05) is 5.56 Å². The summed E-state index contributed by atoms with van der Waals surface area (Å²) < 4.78 is 9.02. The maximum absolute atomic E-state index is 10.8. The van der Waals surface area contributed by atoms with Crippen LogP contribution in [0.25, 0.3) is 11.3 Å². The first-order valence-electron chi connectivity index (χ1n) is 4.69. The Bertz CT molecular complexity index is 522. The van der Waals surface area contributed by atoms with Crippen LogP contribution in [0, 0.1) is 6.92 Å². The standard InChI is InChI=1S/C11H10N2O2S/c1-7-3-4-9(15-2)8(5-7)11-10(6-14)16-13-12-11/h3-6H,1-2H3. The number of hydrogen-bond acceptors (Lipinski definition) is 5. The van der Waals surface area contributed by atoms with Crippen molar-refractivity contribution in [2.75, 3.05) is 7.11 Å². The lowest BCUT2D eigenvalue weighted by Gasteiger charge is -2.07. The summed E-state index contributed by atoms with van der Waals surface area (Å²) in [6.07, 6.45) is 0.766. The molecule has 0 fully saturated rings. The highest BCUT2D eigenvalue weighted by atomic mass is 32.1. The van der Waals surface area contributed by atoms with E-state index in [1.165, 1.54) is 0 Å². The van der Waals surface area contributed by atoms with Crippen molar-refractivity contribution in [1.29, 1.82) is 0 Å². The maximum Gasteiger partial charge on any atom is 0.163 e.